The van der Waals surface area contributed by atoms with Crippen LogP contribution in [0.1, 0.15) is 68.8 Å². The molecule has 1 aliphatic heterocycles. The highest BCUT2D eigenvalue weighted by molar-refractivity contribution is 5.53. The monoisotopic (exact) mass is 383 g/mol. The molecular formula is C24H33NO3. The van der Waals surface area contributed by atoms with Crippen LogP contribution in [0.15, 0.2) is 30.3 Å². The molecule has 0 aromatic heterocycles. The van der Waals surface area contributed by atoms with Gasteiger partial charge in [0.2, 0.25) is 0 Å². The van der Waals surface area contributed by atoms with Gasteiger partial charge in [-0.05, 0) is 79.6 Å². The predicted molar refractivity (Wildman–Crippen MR) is 114 cm³/mol. The molecule has 2 aromatic rings. The lowest BCUT2D eigenvalue weighted by Gasteiger charge is -2.31. The molecule has 0 bridgehead atoms. The topological polar surface area (TPSA) is 39.7 Å². The van der Waals surface area contributed by atoms with Crippen LogP contribution in [0.4, 0.5) is 0 Å². The van der Waals surface area contributed by atoms with Gasteiger partial charge in [-0.3, -0.25) is 0 Å². The number of hydrogen-bond acceptors (Lipinski definition) is 4. The highest BCUT2D eigenvalue weighted by atomic mass is 16.5. The van der Waals surface area contributed by atoms with E-state index in [9.17, 15) is 0 Å². The fourth-order valence-corrected chi connectivity index (χ4v) is 3.95. The van der Waals surface area contributed by atoms with Crippen molar-refractivity contribution in [3.8, 4) is 17.2 Å². The van der Waals surface area contributed by atoms with Gasteiger partial charge in [0.15, 0.2) is 11.5 Å². The number of benzene rings is 2. The third-order valence-corrected chi connectivity index (χ3v) is 5.16. The fraction of sp³-hybridized carbons (Fsp3) is 0.500. The Morgan fingerprint density at radius 3 is 2.21 bits per heavy atom. The Kier molecular flexibility index (Phi) is 6.84. The smallest absolute Gasteiger partial charge is 0.161 e. The van der Waals surface area contributed by atoms with Crippen molar-refractivity contribution in [3.63, 3.8) is 0 Å². The first kappa shape index (κ1) is 20.5. The Hall–Kier alpha value is -2.20. The van der Waals surface area contributed by atoms with Crippen molar-refractivity contribution in [1.82, 2.24) is 5.32 Å². The normalized spacial score (nSPS) is 16.0. The number of fused-ring (bicyclic) bond motifs is 1. The molecule has 1 aliphatic rings. The lowest BCUT2D eigenvalue weighted by Crippen LogP contribution is -2.31. The summed E-state index contributed by atoms with van der Waals surface area (Å²) in [4.78, 5) is 0. The van der Waals surface area contributed by atoms with Crippen LogP contribution < -0.4 is 19.5 Å². The van der Waals surface area contributed by atoms with E-state index in [1.165, 1.54) is 22.3 Å². The Labute approximate surface area is 169 Å². The molecule has 0 saturated heterocycles. The van der Waals surface area contributed by atoms with Crippen molar-refractivity contribution < 1.29 is 14.2 Å². The van der Waals surface area contributed by atoms with E-state index in [4.69, 9.17) is 14.2 Å². The van der Waals surface area contributed by atoms with E-state index in [-0.39, 0.29) is 6.04 Å². The lowest BCUT2D eigenvalue weighted by atomic mass is 9.84. The third-order valence-electron chi connectivity index (χ3n) is 5.16. The average molecular weight is 384 g/mol. The maximum atomic E-state index is 5.90. The van der Waals surface area contributed by atoms with Gasteiger partial charge in [0.05, 0.1) is 25.9 Å². The van der Waals surface area contributed by atoms with Gasteiger partial charge in [-0.1, -0.05) is 19.9 Å². The van der Waals surface area contributed by atoms with Crippen LogP contribution in [-0.4, -0.2) is 26.4 Å². The van der Waals surface area contributed by atoms with E-state index in [0.29, 0.717) is 25.7 Å². The first-order valence-corrected chi connectivity index (χ1v) is 10.5. The molecule has 2 aromatic carbocycles. The van der Waals surface area contributed by atoms with Gasteiger partial charge < -0.3 is 19.5 Å². The highest BCUT2D eigenvalue weighted by Crippen LogP contribution is 2.40. The van der Waals surface area contributed by atoms with Gasteiger partial charge in [-0.25, -0.2) is 0 Å². The Morgan fingerprint density at radius 1 is 0.893 bits per heavy atom. The zero-order chi connectivity index (χ0) is 20.1. The molecule has 0 saturated carbocycles. The van der Waals surface area contributed by atoms with Crippen LogP contribution >= 0.6 is 0 Å². The van der Waals surface area contributed by atoms with Crippen LogP contribution in [0.25, 0.3) is 0 Å². The van der Waals surface area contributed by atoms with E-state index in [0.717, 1.165) is 30.2 Å². The standard InChI is InChI=1S/C24H33NO3/c1-6-26-18-9-10-19(20(14-18)16(4)5)24-21-15-23(28-8-3)22(27-7-2)13-17(21)11-12-25-24/h9-10,13-16,24-25H,6-8,11-12H2,1-5H3. The number of nitrogens with one attached hydrogen (secondary N) is 1. The Balaban J connectivity index is 2.07. The minimum atomic E-state index is 0.145. The molecular weight excluding hydrogens is 350 g/mol. The molecule has 0 amide bonds. The Bertz CT molecular complexity index is 801. The minimum Gasteiger partial charge on any atom is -0.494 e. The van der Waals surface area contributed by atoms with Crippen molar-refractivity contribution in [3.05, 3.63) is 52.6 Å². The molecule has 28 heavy (non-hydrogen) atoms. The molecule has 0 aliphatic carbocycles. The van der Waals surface area contributed by atoms with Crippen LogP contribution in [0, 0.1) is 0 Å². The number of hydrogen-bond donors (Lipinski definition) is 1. The van der Waals surface area contributed by atoms with Crippen molar-refractivity contribution >= 4 is 0 Å². The molecule has 1 heterocycles. The molecule has 0 fully saturated rings. The van der Waals surface area contributed by atoms with E-state index in [1.807, 2.05) is 20.8 Å². The van der Waals surface area contributed by atoms with Crippen LogP contribution in [0.3, 0.4) is 0 Å². The maximum absolute atomic E-state index is 5.90. The molecule has 1 N–H and O–H groups in total. The number of ether oxygens (including phenoxy) is 3. The summed E-state index contributed by atoms with van der Waals surface area (Å²) in [5.74, 6) is 3.03. The highest BCUT2D eigenvalue weighted by Gasteiger charge is 2.26. The van der Waals surface area contributed by atoms with Gasteiger partial charge in [-0.15, -0.1) is 0 Å². The van der Waals surface area contributed by atoms with E-state index in [1.54, 1.807) is 0 Å². The zero-order valence-electron chi connectivity index (χ0n) is 17.8. The second kappa shape index (κ2) is 9.33. The second-order valence-corrected chi connectivity index (χ2v) is 7.38. The average Bonchev–Trinajstić information content (AvgIpc) is 2.68. The summed E-state index contributed by atoms with van der Waals surface area (Å²) >= 11 is 0. The largest absolute Gasteiger partial charge is 0.494 e. The van der Waals surface area contributed by atoms with Gasteiger partial charge in [0.25, 0.3) is 0 Å². The zero-order valence-corrected chi connectivity index (χ0v) is 17.8. The molecule has 4 heteroatoms. The lowest BCUT2D eigenvalue weighted by molar-refractivity contribution is 0.286. The summed E-state index contributed by atoms with van der Waals surface area (Å²) in [6.07, 6.45) is 0.992. The summed E-state index contributed by atoms with van der Waals surface area (Å²) in [7, 11) is 0. The van der Waals surface area contributed by atoms with Crippen molar-refractivity contribution in [1.29, 1.82) is 0 Å². The minimum absolute atomic E-state index is 0.145. The third kappa shape index (κ3) is 4.27. The summed E-state index contributed by atoms with van der Waals surface area (Å²) in [6, 6.07) is 11.0. The van der Waals surface area contributed by atoms with E-state index >= 15 is 0 Å². The van der Waals surface area contributed by atoms with E-state index in [2.05, 4.69) is 49.5 Å². The van der Waals surface area contributed by atoms with Gasteiger partial charge in [0.1, 0.15) is 5.75 Å². The predicted octanol–water partition coefficient (Wildman–Crippen LogP) is 5.24. The van der Waals surface area contributed by atoms with Crippen LogP contribution in [-0.2, 0) is 6.42 Å². The summed E-state index contributed by atoms with van der Waals surface area (Å²) in [5, 5.41) is 3.72. The van der Waals surface area contributed by atoms with Crippen LogP contribution in [0.2, 0.25) is 0 Å². The molecule has 1 unspecified atom stereocenters. The first-order chi connectivity index (χ1) is 13.6. The van der Waals surface area contributed by atoms with Crippen molar-refractivity contribution in [2.45, 2.75) is 53.0 Å². The van der Waals surface area contributed by atoms with Gasteiger partial charge in [0, 0.05) is 6.54 Å². The number of rotatable bonds is 8. The Morgan fingerprint density at radius 2 is 1.57 bits per heavy atom. The van der Waals surface area contributed by atoms with Crippen molar-refractivity contribution in [2.24, 2.45) is 0 Å². The van der Waals surface area contributed by atoms with Gasteiger partial charge >= 0.3 is 0 Å². The molecule has 0 radical (unpaired) electrons. The summed E-state index contributed by atoms with van der Waals surface area (Å²) < 4.78 is 17.5. The SMILES string of the molecule is CCOc1ccc(C2NCCc3cc(OCC)c(OCC)cc32)c(C(C)C)c1. The molecule has 3 rings (SSSR count). The molecule has 4 nitrogen and oxygen atoms in total. The summed E-state index contributed by atoms with van der Waals surface area (Å²) in [6.45, 7) is 13.4. The first-order valence-electron chi connectivity index (χ1n) is 10.5. The van der Waals surface area contributed by atoms with Crippen molar-refractivity contribution in [2.75, 3.05) is 26.4 Å². The second-order valence-electron chi connectivity index (χ2n) is 7.38. The molecule has 152 valence electrons. The molecule has 0 spiro atoms. The molecule has 1 atom stereocenters. The summed E-state index contributed by atoms with van der Waals surface area (Å²) in [5.41, 5.74) is 5.25. The van der Waals surface area contributed by atoms with Crippen LogP contribution in [0.5, 0.6) is 17.2 Å². The fourth-order valence-electron chi connectivity index (χ4n) is 3.95. The quantitative estimate of drug-likeness (QED) is 0.676. The van der Waals surface area contributed by atoms with E-state index < -0.39 is 0 Å². The maximum Gasteiger partial charge on any atom is 0.161 e. The van der Waals surface area contributed by atoms with Gasteiger partial charge in [-0.2, -0.15) is 0 Å².